The zero-order valence-corrected chi connectivity index (χ0v) is 15.3. The maximum absolute atomic E-state index is 10.8. The third kappa shape index (κ3) is 4.24. The van der Waals surface area contributed by atoms with Crippen molar-refractivity contribution in [3.05, 3.63) is 53.4 Å². The van der Waals surface area contributed by atoms with E-state index in [-0.39, 0.29) is 11.2 Å². The number of hydrogen-bond acceptors (Lipinski definition) is 4. The van der Waals surface area contributed by atoms with E-state index in [9.17, 15) is 9.90 Å². The largest absolute Gasteiger partial charge is 0.505 e. The molecular weight excluding hydrogens is 314 g/mol. The molecule has 0 aliphatic rings. The minimum absolute atomic E-state index is 0.164. The van der Waals surface area contributed by atoms with Crippen LogP contribution in [0.3, 0.4) is 0 Å². The highest BCUT2D eigenvalue weighted by atomic mass is 16.3. The van der Waals surface area contributed by atoms with Gasteiger partial charge in [-0.3, -0.25) is 0 Å². The lowest BCUT2D eigenvalue weighted by Gasteiger charge is -2.23. The van der Waals surface area contributed by atoms with Gasteiger partial charge in [0.1, 0.15) is 23.4 Å². The smallest absolute Gasteiger partial charge is 0.146 e. The molecule has 25 heavy (non-hydrogen) atoms. The summed E-state index contributed by atoms with van der Waals surface area (Å²) in [4.78, 5) is 12.2. The second-order valence-corrected chi connectivity index (χ2v) is 7.02. The van der Waals surface area contributed by atoms with Gasteiger partial charge in [-0.1, -0.05) is 45.6 Å². The molecule has 1 aromatic heterocycles. The zero-order chi connectivity index (χ0) is 18.6. The van der Waals surface area contributed by atoms with E-state index in [0.717, 1.165) is 28.8 Å². The minimum Gasteiger partial charge on any atom is -0.505 e. The van der Waals surface area contributed by atoms with Gasteiger partial charge in [0.2, 0.25) is 0 Å². The highest BCUT2D eigenvalue weighted by Crippen LogP contribution is 2.36. The molecule has 0 unspecified atom stereocenters. The van der Waals surface area contributed by atoms with Gasteiger partial charge in [0, 0.05) is 12.0 Å². The maximum atomic E-state index is 10.8. The quantitative estimate of drug-likeness (QED) is 0.640. The van der Waals surface area contributed by atoms with E-state index in [2.05, 4.69) is 16.8 Å². The molecule has 1 N–H and O–H groups in total. The Morgan fingerprint density at radius 2 is 2.00 bits per heavy atom. The van der Waals surface area contributed by atoms with Gasteiger partial charge in [-0.15, -0.1) is 9.90 Å². The van der Waals surface area contributed by atoms with Crippen molar-refractivity contribution in [2.45, 2.75) is 46.0 Å². The summed E-state index contributed by atoms with van der Waals surface area (Å²) in [6.45, 7) is 11.6. The third-order valence-corrected chi connectivity index (χ3v) is 3.93. The van der Waals surface area contributed by atoms with Crippen molar-refractivity contribution in [3.8, 4) is 11.4 Å². The van der Waals surface area contributed by atoms with Gasteiger partial charge in [-0.2, -0.15) is 5.10 Å². The summed E-state index contributed by atoms with van der Waals surface area (Å²) in [5.74, 6) is 0.164. The number of benzene rings is 1. The molecule has 2 aromatic rings. The molecule has 0 saturated carbocycles. The number of allylic oxidation sites excluding steroid dienone is 2. The first-order chi connectivity index (χ1) is 11.8. The average Bonchev–Trinajstić information content (AvgIpc) is 2.91. The van der Waals surface area contributed by atoms with Crippen LogP contribution in [0.5, 0.6) is 5.75 Å². The van der Waals surface area contributed by atoms with Gasteiger partial charge >= 0.3 is 0 Å². The van der Waals surface area contributed by atoms with Crippen LogP contribution in [0.1, 0.15) is 49.7 Å². The van der Waals surface area contributed by atoms with Crippen LogP contribution in [0.25, 0.3) is 11.8 Å². The lowest BCUT2D eigenvalue weighted by atomic mass is 9.84. The number of aromatic hydroxyl groups is 1. The molecule has 5 nitrogen and oxygen atoms in total. The highest BCUT2D eigenvalue weighted by Gasteiger charge is 2.23. The average molecular weight is 339 g/mol. The van der Waals surface area contributed by atoms with Crippen molar-refractivity contribution in [3.63, 3.8) is 0 Å². The number of carbonyl (C=O) groups is 1. The molecule has 132 valence electrons. The normalized spacial score (nSPS) is 11.8. The molecule has 5 heteroatoms. The van der Waals surface area contributed by atoms with Crippen LogP contribution in [0.2, 0.25) is 0 Å². The van der Waals surface area contributed by atoms with Crippen molar-refractivity contribution in [1.82, 2.24) is 15.0 Å². The van der Waals surface area contributed by atoms with Crippen LogP contribution in [-0.2, 0) is 16.6 Å². The summed E-state index contributed by atoms with van der Waals surface area (Å²) < 4.78 is 0. The first-order valence-electron chi connectivity index (χ1n) is 8.31. The Labute approximate surface area is 148 Å². The van der Waals surface area contributed by atoms with Crippen molar-refractivity contribution in [2.75, 3.05) is 0 Å². The van der Waals surface area contributed by atoms with E-state index in [1.54, 1.807) is 12.2 Å². The van der Waals surface area contributed by atoms with Gasteiger partial charge in [0.05, 0.1) is 5.69 Å². The van der Waals surface area contributed by atoms with E-state index >= 15 is 0 Å². The number of nitrogens with zero attached hydrogens (tertiary/aromatic N) is 3. The van der Waals surface area contributed by atoms with E-state index in [1.807, 2.05) is 45.9 Å². The molecule has 0 atom stereocenters. The zero-order valence-electron chi connectivity index (χ0n) is 15.3. The van der Waals surface area contributed by atoms with Crippen molar-refractivity contribution in [1.29, 1.82) is 0 Å². The molecule has 0 amide bonds. The van der Waals surface area contributed by atoms with Crippen LogP contribution in [0.4, 0.5) is 0 Å². The second kappa shape index (κ2) is 7.47. The van der Waals surface area contributed by atoms with Crippen LogP contribution in [0, 0.1) is 6.92 Å². The highest BCUT2D eigenvalue weighted by molar-refractivity contribution is 5.57. The first kappa shape index (κ1) is 18.6. The molecule has 0 bridgehead atoms. The number of hydrogen-bond donors (Lipinski definition) is 1. The van der Waals surface area contributed by atoms with Gasteiger partial charge < -0.3 is 9.90 Å². The fourth-order valence-electron chi connectivity index (χ4n) is 2.58. The number of aldehydes is 1. The summed E-state index contributed by atoms with van der Waals surface area (Å²) in [6.07, 6.45) is 7.24. The number of carbonyl (C=O) groups excluding carboxylic acids is 1. The molecule has 0 radical (unpaired) electrons. The van der Waals surface area contributed by atoms with Crippen molar-refractivity contribution >= 4 is 12.4 Å². The van der Waals surface area contributed by atoms with Gasteiger partial charge in [0.15, 0.2) is 0 Å². The van der Waals surface area contributed by atoms with Gasteiger partial charge in [-0.05, 0) is 36.5 Å². The minimum atomic E-state index is -0.246. The predicted molar refractivity (Wildman–Crippen MR) is 100 cm³/mol. The van der Waals surface area contributed by atoms with E-state index in [0.29, 0.717) is 18.5 Å². The maximum Gasteiger partial charge on any atom is 0.146 e. The standard InChI is InChI=1S/C20H25N3O2/c1-6-7-10-17-14(2)21-23(22-17)18-13-15(9-8-11-24)12-16(19(18)25)20(3,4)5/h6-7,10-13,25H,1,8-9H2,2-5H3/b10-7-. The molecule has 1 aromatic carbocycles. The summed E-state index contributed by atoms with van der Waals surface area (Å²) in [5, 5.41) is 19.7. The van der Waals surface area contributed by atoms with Crippen molar-refractivity contribution < 1.29 is 9.90 Å². The fourth-order valence-corrected chi connectivity index (χ4v) is 2.58. The van der Waals surface area contributed by atoms with Crippen LogP contribution in [0.15, 0.2) is 30.9 Å². The lowest BCUT2D eigenvalue weighted by molar-refractivity contribution is -0.107. The molecule has 0 fully saturated rings. The molecule has 1 heterocycles. The monoisotopic (exact) mass is 339 g/mol. The Morgan fingerprint density at radius 3 is 2.60 bits per heavy atom. The Balaban J connectivity index is 2.61. The molecule has 2 rings (SSSR count). The Morgan fingerprint density at radius 1 is 1.28 bits per heavy atom. The number of aromatic nitrogens is 3. The van der Waals surface area contributed by atoms with Gasteiger partial charge in [0.25, 0.3) is 0 Å². The molecule has 0 aliphatic heterocycles. The third-order valence-electron chi connectivity index (χ3n) is 3.93. The Bertz CT molecular complexity index is 811. The Hall–Kier alpha value is -2.69. The number of aryl methyl sites for hydroxylation is 2. The van der Waals surface area contributed by atoms with Gasteiger partial charge in [-0.25, -0.2) is 0 Å². The number of phenolic OH excluding ortho intramolecular Hbond substituents is 1. The summed E-state index contributed by atoms with van der Waals surface area (Å²) in [5.41, 5.74) is 3.54. The van der Waals surface area contributed by atoms with E-state index < -0.39 is 0 Å². The summed E-state index contributed by atoms with van der Waals surface area (Å²) in [7, 11) is 0. The number of phenols is 1. The van der Waals surface area contributed by atoms with E-state index in [4.69, 9.17) is 0 Å². The molecule has 0 saturated heterocycles. The SMILES string of the molecule is C=C/C=C\c1nn(-c2cc(CCC=O)cc(C(C)(C)C)c2O)nc1C. The summed E-state index contributed by atoms with van der Waals surface area (Å²) in [6, 6.07) is 3.80. The number of rotatable bonds is 6. The summed E-state index contributed by atoms with van der Waals surface area (Å²) >= 11 is 0. The predicted octanol–water partition coefficient (Wildman–Crippen LogP) is 3.91. The lowest BCUT2D eigenvalue weighted by Crippen LogP contribution is -2.14. The van der Waals surface area contributed by atoms with Crippen LogP contribution in [-0.4, -0.2) is 26.4 Å². The van der Waals surface area contributed by atoms with E-state index in [1.165, 1.54) is 4.80 Å². The second-order valence-electron chi connectivity index (χ2n) is 7.02. The molecule has 0 aliphatic carbocycles. The van der Waals surface area contributed by atoms with Crippen LogP contribution < -0.4 is 0 Å². The Kier molecular flexibility index (Phi) is 5.57. The van der Waals surface area contributed by atoms with Crippen molar-refractivity contribution in [2.24, 2.45) is 0 Å². The topological polar surface area (TPSA) is 68.0 Å². The van der Waals surface area contributed by atoms with Crippen LogP contribution >= 0.6 is 0 Å². The first-order valence-corrected chi connectivity index (χ1v) is 8.31. The molecular formula is C20H25N3O2. The fraction of sp³-hybridized carbons (Fsp3) is 0.350. The molecule has 0 spiro atoms.